The number of halogens is 5. The number of benzene rings is 1. The van der Waals surface area contributed by atoms with Gasteiger partial charge in [-0.05, 0) is 18.2 Å². The van der Waals surface area contributed by atoms with Crippen molar-refractivity contribution in [3.63, 3.8) is 0 Å². The lowest BCUT2D eigenvalue weighted by atomic mass is 10.3. The third-order valence-electron chi connectivity index (χ3n) is 1.95. The molecular formula is C11H4BrClF3NO. The summed E-state index contributed by atoms with van der Waals surface area (Å²) in [7, 11) is 0. The Bertz CT molecular complexity index is 609. The van der Waals surface area contributed by atoms with Crippen LogP contribution in [0.3, 0.4) is 0 Å². The van der Waals surface area contributed by atoms with Gasteiger partial charge in [0.15, 0.2) is 11.6 Å². The van der Waals surface area contributed by atoms with E-state index >= 15 is 0 Å². The second-order valence-electron chi connectivity index (χ2n) is 3.22. The Morgan fingerprint density at radius 3 is 2.56 bits per heavy atom. The largest absolute Gasteiger partial charge is 0.435 e. The van der Waals surface area contributed by atoms with Crippen molar-refractivity contribution in [3.05, 3.63) is 51.3 Å². The molecule has 0 fully saturated rings. The van der Waals surface area contributed by atoms with Gasteiger partial charge in [0, 0.05) is 10.5 Å². The van der Waals surface area contributed by atoms with Crippen LogP contribution in [0, 0.1) is 17.6 Å². The minimum absolute atomic E-state index is 0.0726. The van der Waals surface area contributed by atoms with Crippen LogP contribution in [0.25, 0.3) is 0 Å². The molecule has 0 N–H and O–H groups in total. The van der Waals surface area contributed by atoms with Crippen molar-refractivity contribution in [2.45, 2.75) is 0 Å². The van der Waals surface area contributed by atoms with Crippen molar-refractivity contribution < 1.29 is 17.9 Å². The molecule has 0 radical (unpaired) electrons. The van der Waals surface area contributed by atoms with Crippen molar-refractivity contribution in [1.29, 1.82) is 0 Å². The molecule has 0 unspecified atom stereocenters. The maximum Gasteiger partial charge on any atom is 0.258 e. The van der Waals surface area contributed by atoms with Gasteiger partial charge >= 0.3 is 0 Å². The van der Waals surface area contributed by atoms with E-state index < -0.39 is 23.5 Å². The van der Waals surface area contributed by atoms with E-state index in [1.807, 2.05) is 0 Å². The molecule has 0 spiro atoms. The maximum absolute atomic E-state index is 13.3. The molecule has 7 heteroatoms. The van der Waals surface area contributed by atoms with Gasteiger partial charge in [-0.3, -0.25) is 0 Å². The molecule has 2 nitrogen and oxygen atoms in total. The van der Waals surface area contributed by atoms with E-state index in [9.17, 15) is 13.2 Å². The molecule has 2 rings (SSSR count). The van der Waals surface area contributed by atoms with Gasteiger partial charge in [-0.1, -0.05) is 27.5 Å². The Kier molecular flexibility index (Phi) is 3.77. The highest BCUT2D eigenvalue weighted by atomic mass is 79.9. The van der Waals surface area contributed by atoms with E-state index in [0.29, 0.717) is 10.5 Å². The molecule has 0 aliphatic rings. The predicted molar refractivity (Wildman–Crippen MR) is 63.3 cm³/mol. The molecule has 0 aliphatic carbocycles. The summed E-state index contributed by atoms with van der Waals surface area (Å²) in [4.78, 5) is 3.03. The molecule has 94 valence electrons. The highest BCUT2D eigenvalue weighted by Crippen LogP contribution is 2.32. The van der Waals surface area contributed by atoms with E-state index in [-0.39, 0.29) is 10.8 Å². The topological polar surface area (TPSA) is 22.1 Å². The van der Waals surface area contributed by atoms with Crippen molar-refractivity contribution in [2.24, 2.45) is 0 Å². The maximum atomic E-state index is 13.3. The van der Waals surface area contributed by atoms with Crippen molar-refractivity contribution in [2.75, 3.05) is 0 Å². The van der Waals surface area contributed by atoms with Crippen LogP contribution >= 0.6 is 27.5 Å². The zero-order valence-corrected chi connectivity index (χ0v) is 10.9. The molecule has 2 aromatic rings. The summed E-state index contributed by atoms with van der Waals surface area (Å²) in [5.74, 6) is -4.57. The predicted octanol–water partition coefficient (Wildman–Crippen LogP) is 4.71. The van der Waals surface area contributed by atoms with E-state index in [4.69, 9.17) is 16.3 Å². The molecule has 1 heterocycles. The third kappa shape index (κ3) is 2.76. The van der Waals surface area contributed by atoms with Crippen LogP contribution in [-0.4, -0.2) is 4.98 Å². The number of hydrogen-bond acceptors (Lipinski definition) is 2. The molecule has 1 aromatic heterocycles. The van der Waals surface area contributed by atoms with Gasteiger partial charge in [0.1, 0.15) is 5.75 Å². The van der Waals surface area contributed by atoms with Gasteiger partial charge in [-0.25, -0.2) is 8.78 Å². The van der Waals surface area contributed by atoms with E-state index in [1.54, 1.807) is 6.07 Å². The van der Waals surface area contributed by atoms with Crippen molar-refractivity contribution in [3.8, 4) is 11.6 Å². The summed E-state index contributed by atoms with van der Waals surface area (Å²) in [6, 6.07) is 4.94. The Hall–Kier alpha value is -1.27. The zero-order chi connectivity index (χ0) is 13.3. The first-order valence-electron chi connectivity index (χ1n) is 4.62. The quantitative estimate of drug-likeness (QED) is 0.740. The van der Waals surface area contributed by atoms with Crippen LogP contribution in [0.1, 0.15) is 0 Å². The summed E-state index contributed by atoms with van der Waals surface area (Å²) in [5.41, 5.74) is 0. The number of aromatic nitrogens is 1. The molecular weight excluding hydrogens is 334 g/mol. The molecule has 0 atom stereocenters. The molecule has 0 saturated carbocycles. The van der Waals surface area contributed by atoms with Crippen LogP contribution in [0.5, 0.6) is 11.6 Å². The fraction of sp³-hybridized carbons (Fsp3) is 0. The van der Waals surface area contributed by atoms with Gasteiger partial charge in [0.05, 0.1) is 5.02 Å². The molecule has 0 aliphatic heterocycles. The van der Waals surface area contributed by atoms with E-state index in [2.05, 4.69) is 20.9 Å². The zero-order valence-electron chi connectivity index (χ0n) is 8.55. The Morgan fingerprint density at radius 2 is 1.83 bits per heavy atom. The summed E-state index contributed by atoms with van der Waals surface area (Å²) in [6.45, 7) is 0. The second-order valence-corrected chi connectivity index (χ2v) is 4.55. The van der Waals surface area contributed by atoms with Gasteiger partial charge < -0.3 is 4.74 Å². The van der Waals surface area contributed by atoms with Crippen LogP contribution < -0.4 is 4.74 Å². The Balaban J connectivity index is 2.40. The highest BCUT2D eigenvalue weighted by Gasteiger charge is 2.15. The second kappa shape index (κ2) is 5.16. The summed E-state index contributed by atoms with van der Waals surface area (Å²) in [5, 5.41) is 0.184. The SMILES string of the molecule is Fc1cc(F)c(Oc2cc(Br)ccc2Cl)nc1F. The van der Waals surface area contributed by atoms with Crippen LogP contribution in [-0.2, 0) is 0 Å². The van der Waals surface area contributed by atoms with Crippen LogP contribution in [0.15, 0.2) is 28.7 Å². The monoisotopic (exact) mass is 337 g/mol. The number of pyridine rings is 1. The normalized spacial score (nSPS) is 10.5. The highest BCUT2D eigenvalue weighted by molar-refractivity contribution is 9.10. The molecule has 0 saturated heterocycles. The first kappa shape index (κ1) is 13.2. The van der Waals surface area contributed by atoms with E-state index in [0.717, 1.165) is 0 Å². The molecule has 0 amide bonds. The lowest BCUT2D eigenvalue weighted by Gasteiger charge is -2.08. The Labute approximate surface area is 113 Å². The summed E-state index contributed by atoms with van der Waals surface area (Å²) in [6.07, 6.45) is 0. The van der Waals surface area contributed by atoms with E-state index in [1.165, 1.54) is 12.1 Å². The third-order valence-corrected chi connectivity index (χ3v) is 2.76. The van der Waals surface area contributed by atoms with Crippen molar-refractivity contribution >= 4 is 27.5 Å². The van der Waals surface area contributed by atoms with Gasteiger partial charge in [0.25, 0.3) is 11.8 Å². The number of ether oxygens (including phenoxy) is 1. The summed E-state index contributed by atoms with van der Waals surface area (Å²) < 4.78 is 44.5. The Morgan fingerprint density at radius 1 is 1.11 bits per heavy atom. The number of rotatable bonds is 2. The number of hydrogen-bond donors (Lipinski definition) is 0. The lowest BCUT2D eigenvalue weighted by Crippen LogP contribution is -1.98. The van der Waals surface area contributed by atoms with Gasteiger partial charge in [-0.15, -0.1) is 0 Å². The number of nitrogens with zero attached hydrogens (tertiary/aromatic N) is 1. The minimum Gasteiger partial charge on any atom is -0.435 e. The molecule has 1 aromatic carbocycles. The molecule has 18 heavy (non-hydrogen) atoms. The average molecular weight is 339 g/mol. The first-order valence-corrected chi connectivity index (χ1v) is 5.79. The smallest absolute Gasteiger partial charge is 0.258 e. The fourth-order valence-corrected chi connectivity index (χ4v) is 1.66. The molecule has 0 bridgehead atoms. The average Bonchev–Trinajstić information content (AvgIpc) is 2.30. The van der Waals surface area contributed by atoms with Gasteiger partial charge in [-0.2, -0.15) is 9.37 Å². The van der Waals surface area contributed by atoms with Crippen LogP contribution in [0.2, 0.25) is 5.02 Å². The van der Waals surface area contributed by atoms with Crippen molar-refractivity contribution in [1.82, 2.24) is 4.98 Å². The lowest BCUT2D eigenvalue weighted by molar-refractivity contribution is 0.387. The summed E-state index contributed by atoms with van der Waals surface area (Å²) >= 11 is 8.97. The van der Waals surface area contributed by atoms with Crippen LogP contribution in [0.4, 0.5) is 13.2 Å². The van der Waals surface area contributed by atoms with Gasteiger partial charge in [0.2, 0.25) is 0 Å². The first-order chi connectivity index (χ1) is 8.47. The minimum atomic E-state index is -1.45. The fourth-order valence-electron chi connectivity index (χ4n) is 1.16. The standard InChI is InChI=1S/C11H4BrClF3NO/c12-5-1-2-6(13)9(3-5)18-11-8(15)4-7(14)10(16)17-11/h1-4H.